The van der Waals surface area contributed by atoms with Crippen molar-refractivity contribution < 1.29 is 28.6 Å². The molecule has 0 aliphatic carbocycles. The minimum absolute atomic E-state index is 0.0903. The number of benzene rings is 1. The van der Waals surface area contributed by atoms with Crippen LogP contribution in [0.1, 0.15) is 40.0 Å². The van der Waals surface area contributed by atoms with Crippen molar-refractivity contribution in [2.45, 2.75) is 25.4 Å². The number of piperidine rings is 1. The van der Waals surface area contributed by atoms with E-state index >= 15 is 0 Å². The quantitative estimate of drug-likeness (QED) is 0.880. The summed E-state index contributed by atoms with van der Waals surface area (Å²) < 4.78 is 25.3. The topological polar surface area (TPSA) is 76.1 Å². The minimum Gasteiger partial charge on any atom is -0.478 e. The monoisotopic (exact) mass is 351 g/mol. The molecule has 2 fully saturated rings. The molecule has 6 nitrogen and oxygen atoms in total. The Bertz CT molecular complexity index is 636. The van der Waals surface area contributed by atoms with Crippen LogP contribution in [-0.4, -0.2) is 60.9 Å². The molecule has 1 unspecified atom stereocenters. The lowest BCUT2D eigenvalue weighted by Crippen LogP contribution is -2.41. The average Bonchev–Trinajstić information content (AvgIpc) is 3.13. The van der Waals surface area contributed by atoms with E-state index in [2.05, 4.69) is 0 Å². The molecule has 3 rings (SSSR count). The Kier molecular flexibility index (Phi) is 5.65. The number of rotatable bonds is 5. The molecule has 2 aliphatic heterocycles. The van der Waals surface area contributed by atoms with E-state index in [0.29, 0.717) is 38.5 Å². The van der Waals surface area contributed by atoms with E-state index in [1.54, 1.807) is 4.90 Å². The number of carboxylic acid groups (broad SMARTS) is 1. The largest absolute Gasteiger partial charge is 0.478 e. The van der Waals surface area contributed by atoms with Crippen molar-refractivity contribution in [3.63, 3.8) is 0 Å². The van der Waals surface area contributed by atoms with E-state index in [1.807, 2.05) is 0 Å². The maximum Gasteiger partial charge on any atom is 0.335 e. The Morgan fingerprint density at radius 1 is 1.28 bits per heavy atom. The second kappa shape index (κ2) is 7.93. The van der Waals surface area contributed by atoms with Gasteiger partial charge in [0.1, 0.15) is 5.82 Å². The molecule has 136 valence electrons. The third kappa shape index (κ3) is 4.35. The van der Waals surface area contributed by atoms with E-state index in [0.717, 1.165) is 25.7 Å². The van der Waals surface area contributed by atoms with Crippen molar-refractivity contribution in [2.75, 3.05) is 32.9 Å². The fraction of sp³-hybridized carbons (Fsp3) is 0.556. The molecule has 0 aromatic heterocycles. The highest BCUT2D eigenvalue weighted by Crippen LogP contribution is 2.20. The fourth-order valence-corrected chi connectivity index (χ4v) is 3.20. The van der Waals surface area contributed by atoms with Crippen LogP contribution in [0.25, 0.3) is 0 Å². The first-order valence-corrected chi connectivity index (χ1v) is 8.56. The first-order chi connectivity index (χ1) is 12.0. The van der Waals surface area contributed by atoms with Gasteiger partial charge in [0.05, 0.1) is 30.4 Å². The van der Waals surface area contributed by atoms with Crippen LogP contribution in [-0.2, 0) is 9.47 Å². The van der Waals surface area contributed by atoms with Crippen LogP contribution in [0.4, 0.5) is 4.39 Å². The summed E-state index contributed by atoms with van der Waals surface area (Å²) in [6.07, 6.45) is 2.58. The number of likely N-dealkylation sites (tertiary alicyclic amines) is 1. The summed E-state index contributed by atoms with van der Waals surface area (Å²) >= 11 is 0. The number of amides is 1. The first-order valence-electron chi connectivity index (χ1n) is 8.56. The molecular weight excluding hydrogens is 329 g/mol. The zero-order chi connectivity index (χ0) is 17.8. The number of carbonyl (C=O) groups excluding carboxylic acids is 1. The molecular formula is C18H22FNO5. The fourth-order valence-electron chi connectivity index (χ4n) is 3.20. The Morgan fingerprint density at radius 3 is 2.64 bits per heavy atom. The molecule has 0 bridgehead atoms. The second-order valence-corrected chi connectivity index (χ2v) is 6.55. The normalized spacial score (nSPS) is 21.5. The zero-order valence-corrected chi connectivity index (χ0v) is 13.9. The number of hydrogen-bond donors (Lipinski definition) is 1. The number of halogens is 1. The van der Waals surface area contributed by atoms with Gasteiger partial charge in [-0.3, -0.25) is 4.79 Å². The number of ether oxygens (including phenoxy) is 2. The van der Waals surface area contributed by atoms with Gasteiger partial charge >= 0.3 is 5.97 Å². The van der Waals surface area contributed by atoms with Gasteiger partial charge in [0.15, 0.2) is 0 Å². The van der Waals surface area contributed by atoms with Crippen LogP contribution in [0.5, 0.6) is 0 Å². The highest BCUT2D eigenvalue weighted by atomic mass is 19.1. The summed E-state index contributed by atoms with van der Waals surface area (Å²) in [5, 5.41) is 8.86. The second-order valence-electron chi connectivity index (χ2n) is 6.55. The van der Waals surface area contributed by atoms with Crippen molar-refractivity contribution in [3.8, 4) is 0 Å². The third-order valence-electron chi connectivity index (χ3n) is 4.77. The Labute approximate surface area is 145 Å². The van der Waals surface area contributed by atoms with Crippen molar-refractivity contribution >= 4 is 11.9 Å². The molecule has 1 N–H and O–H groups in total. The van der Waals surface area contributed by atoms with Gasteiger partial charge in [-0.25, -0.2) is 9.18 Å². The van der Waals surface area contributed by atoms with Crippen LogP contribution >= 0.6 is 0 Å². The van der Waals surface area contributed by atoms with E-state index in [-0.39, 0.29) is 17.2 Å². The number of aromatic carboxylic acids is 1. The lowest BCUT2D eigenvalue weighted by molar-refractivity contribution is -0.00801. The number of carboxylic acids is 1. The molecule has 1 aromatic carbocycles. The summed E-state index contributed by atoms with van der Waals surface area (Å²) in [6, 6.07) is 3.37. The molecule has 1 aromatic rings. The summed E-state index contributed by atoms with van der Waals surface area (Å²) in [5.74, 6) is -1.97. The maximum atomic E-state index is 14.0. The number of nitrogens with zero attached hydrogens (tertiary/aromatic N) is 1. The molecule has 0 spiro atoms. The van der Waals surface area contributed by atoms with Gasteiger partial charge in [-0.1, -0.05) is 0 Å². The summed E-state index contributed by atoms with van der Waals surface area (Å²) in [6.45, 7) is 3.25. The highest BCUT2D eigenvalue weighted by molar-refractivity contribution is 5.96. The third-order valence-corrected chi connectivity index (χ3v) is 4.77. The van der Waals surface area contributed by atoms with E-state index < -0.39 is 17.7 Å². The summed E-state index contributed by atoms with van der Waals surface area (Å²) in [7, 11) is 0. The van der Waals surface area contributed by atoms with Gasteiger partial charge < -0.3 is 19.5 Å². The van der Waals surface area contributed by atoms with Crippen LogP contribution in [0.3, 0.4) is 0 Å². The molecule has 0 saturated carbocycles. The van der Waals surface area contributed by atoms with E-state index in [9.17, 15) is 14.0 Å². The zero-order valence-electron chi connectivity index (χ0n) is 13.9. The van der Waals surface area contributed by atoms with Crippen LogP contribution < -0.4 is 0 Å². The Morgan fingerprint density at radius 2 is 2.04 bits per heavy atom. The first kappa shape index (κ1) is 17.8. The predicted octanol–water partition coefficient (Wildman–Crippen LogP) is 2.18. The summed E-state index contributed by atoms with van der Waals surface area (Å²) in [5.41, 5.74) is -0.260. The minimum atomic E-state index is -1.22. The lowest BCUT2D eigenvalue weighted by atomic mass is 10.0. The van der Waals surface area contributed by atoms with Gasteiger partial charge in [0.25, 0.3) is 5.91 Å². The van der Waals surface area contributed by atoms with Gasteiger partial charge in [0, 0.05) is 25.6 Å². The Balaban J connectivity index is 1.52. The van der Waals surface area contributed by atoms with E-state index in [1.165, 1.54) is 12.1 Å². The molecule has 2 saturated heterocycles. The SMILES string of the molecule is O=C(O)c1ccc(C(=O)N2CCC(OCC3CCOC3)CC2)c(F)c1. The molecule has 1 amide bonds. The number of carbonyl (C=O) groups is 2. The van der Waals surface area contributed by atoms with Gasteiger partial charge in [-0.15, -0.1) is 0 Å². The van der Waals surface area contributed by atoms with Gasteiger partial charge in [-0.2, -0.15) is 0 Å². The average molecular weight is 351 g/mol. The standard InChI is InChI=1S/C18H22FNO5/c19-16-9-13(18(22)23)1-2-15(16)17(21)20-6-3-14(4-7-20)25-11-12-5-8-24-10-12/h1-2,9,12,14H,3-8,10-11H2,(H,22,23). The van der Waals surface area contributed by atoms with Gasteiger partial charge in [-0.05, 0) is 37.5 Å². The Hall–Kier alpha value is -1.99. The van der Waals surface area contributed by atoms with Crippen LogP contribution in [0, 0.1) is 11.7 Å². The van der Waals surface area contributed by atoms with Crippen molar-refractivity contribution in [2.24, 2.45) is 5.92 Å². The van der Waals surface area contributed by atoms with Crippen LogP contribution in [0.2, 0.25) is 0 Å². The van der Waals surface area contributed by atoms with Gasteiger partial charge in [0.2, 0.25) is 0 Å². The van der Waals surface area contributed by atoms with E-state index in [4.69, 9.17) is 14.6 Å². The van der Waals surface area contributed by atoms with Crippen molar-refractivity contribution in [1.29, 1.82) is 0 Å². The molecule has 2 heterocycles. The number of hydrogen-bond acceptors (Lipinski definition) is 4. The predicted molar refractivity (Wildman–Crippen MR) is 87.2 cm³/mol. The molecule has 1 atom stereocenters. The summed E-state index contributed by atoms with van der Waals surface area (Å²) in [4.78, 5) is 24.9. The highest BCUT2D eigenvalue weighted by Gasteiger charge is 2.27. The molecule has 25 heavy (non-hydrogen) atoms. The van der Waals surface area contributed by atoms with Crippen molar-refractivity contribution in [3.05, 3.63) is 35.1 Å². The molecule has 0 radical (unpaired) electrons. The maximum absolute atomic E-state index is 14.0. The lowest BCUT2D eigenvalue weighted by Gasteiger charge is -2.32. The van der Waals surface area contributed by atoms with Crippen LogP contribution in [0.15, 0.2) is 18.2 Å². The molecule has 7 heteroatoms. The smallest absolute Gasteiger partial charge is 0.335 e. The van der Waals surface area contributed by atoms with Crippen molar-refractivity contribution in [1.82, 2.24) is 4.90 Å². The molecule has 2 aliphatic rings.